The smallest absolute Gasteiger partial charge is 0.142 e. The highest BCUT2D eigenvalue weighted by Gasteiger charge is 2.42. The van der Waals surface area contributed by atoms with Gasteiger partial charge in [-0.3, -0.25) is 0 Å². The lowest BCUT2D eigenvalue weighted by Crippen LogP contribution is -2.56. The summed E-state index contributed by atoms with van der Waals surface area (Å²) in [5.41, 5.74) is 7.11. The fourth-order valence-corrected chi connectivity index (χ4v) is 1.57. The first-order valence-corrected chi connectivity index (χ1v) is 4.36. The van der Waals surface area contributed by atoms with E-state index in [2.05, 4.69) is 10.0 Å². The third-order valence-electron chi connectivity index (χ3n) is 2.02. The van der Waals surface area contributed by atoms with Gasteiger partial charge in [-0.1, -0.05) is 16.7 Å². The van der Waals surface area contributed by atoms with Crippen LogP contribution in [0.1, 0.15) is 0 Å². The van der Waals surface area contributed by atoms with Gasteiger partial charge in [-0.15, -0.1) is 0 Å². The Morgan fingerprint density at radius 3 is 2.57 bits per heavy atom. The Morgan fingerprint density at radius 1 is 1.43 bits per heavy atom. The summed E-state index contributed by atoms with van der Waals surface area (Å²) in [5.74, 6) is 0. The van der Waals surface area contributed by atoms with Gasteiger partial charge in [0, 0.05) is 4.91 Å². The van der Waals surface area contributed by atoms with E-state index in [4.69, 9.17) is 27.0 Å². The lowest BCUT2D eigenvalue weighted by Gasteiger charge is -2.37. The molecule has 5 atom stereocenters. The molecule has 8 heteroatoms. The maximum absolute atomic E-state index is 9.45. The van der Waals surface area contributed by atoms with Gasteiger partial charge in [0.15, 0.2) is 0 Å². The third kappa shape index (κ3) is 2.09. The normalized spacial score (nSPS) is 43.0. The molecule has 1 heterocycles. The number of aliphatic hydroxyl groups excluding tert-OH is 3. The van der Waals surface area contributed by atoms with Crippen LogP contribution in [0.15, 0.2) is 5.11 Å². The summed E-state index contributed by atoms with van der Waals surface area (Å²) in [6, 6.07) is -1.06. The van der Waals surface area contributed by atoms with Crippen molar-refractivity contribution in [2.24, 2.45) is 5.11 Å². The fourth-order valence-electron chi connectivity index (χ4n) is 1.24. The van der Waals surface area contributed by atoms with Crippen molar-refractivity contribution in [1.82, 2.24) is 0 Å². The lowest BCUT2D eigenvalue weighted by atomic mass is 9.99. The average Bonchev–Trinajstić information content (AvgIpc) is 2.18. The van der Waals surface area contributed by atoms with Crippen LogP contribution in [0.25, 0.3) is 10.4 Å². The summed E-state index contributed by atoms with van der Waals surface area (Å²) < 4.78 is 4.92. The van der Waals surface area contributed by atoms with Crippen LogP contribution in [0.5, 0.6) is 0 Å². The number of hydrogen-bond acceptors (Lipinski definition) is 5. The summed E-state index contributed by atoms with van der Waals surface area (Å²) in [4.78, 5) is 2.47. The zero-order valence-electron chi connectivity index (χ0n) is 7.06. The summed E-state index contributed by atoms with van der Waals surface area (Å²) in [6.45, 7) is -0.468. The maximum atomic E-state index is 9.45. The first kappa shape index (κ1) is 11.5. The lowest BCUT2D eigenvalue weighted by molar-refractivity contribution is -0.167. The Hall–Kier alpha value is -0.560. The zero-order valence-corrected chi connectivity index (χ0v) is 7.82. The van der Waals surface area contributed by atoms with E-state index in [1.165, 1.54) is 0 Å². The molecule has 14 heavy (non-hydrogen) atoms. The molecule has 0 aromatic rings. The SMILES string of the molecule is [N-]=[N+]=N[C@H]1C(O)C(O)C(CO)O[C@H]1Cl. The van der Waals surface area contributed by atoms with Gasteiger partial charge in [0.2, 0.25) is 0 Å². The highest BCUT2D eigenvalue weighted by Crippen LogP contribution is 2.25. The summed E-state index contributed by atoms with van der Waals surface area (Å²) in [5, 5.41) is 30.8. The largest absolute Gasteiger partial charge is 0.394 e. The van der Waals surface area contributed by atoms with Crippen LogP contribution in [-0.4, -0.2) is 51.8 Å². The van der Waals surface area contributed by atoms with Gasteiger partial charge in [0.1, 0.15) is 23.8 Å². The molecule has 7 nitrogen and oxygen atoms in total. The van der Waals surface area contributed by atoms with E-state index in [1.807, 2.05) is 0 Å². The topological polar surface area (TPSA) is 119 Å². The summed E-state index contributed by atoms with van der Waals surface area (Å²) >= 11 is 5.63. The van der Waals surface area contributed by atoms with Crippen molar-refractivity contribution in [2.45, 2.75) is 29.9 Å². The number of halogens is 1. The van der Waals surface area contributed by atoms with E-state index >= 15 is 0 Å². The van der Waals surface area contributed by atoms with Crippen molar-refractivity contribution in [3.05, 3.63) is 10.4 Å². The Bertz CT molecular complexity index is 247. The van der Waals surface area contributed by atoms with E-state index in [0.717, 1.165) is 0 Å². The fraction of sp³-hybridized carbons (Fsp3) is 1.00. The molecule has 1 aliphatic rings. The number of aliphatic hydroxyl groups is 3. The molecular formula is C6H10ClN3O4. The molecule has 3 unspecified atom stereocenters. The van der Waals surface area contributed by atoms with Gasteiger partial charge in [-0.05, 0) is 5.53 Å². The van der Waals surface area contributed by atoms with Crippen LogP contribution in [-0.2, 0) is 4.74 Å². The highest BCUT2D eigenvalue weighted by atomic mass is 35.5. The Balaban J connectivity index is 2.78. The first-order valence-electron chi connectivity index (χ1n) is 3.92. The predicted molar refractivity (Wildman–Crippen MR) is 46.5 cm³/mol. The van der Waals surface area contributed by atoms with E-state index in [-0.39, 0.29) is 0 Å². The summed E-state index contributed by atoms with van der Waals surface area (Å²) in [7, 11) is 0. The van der Waals surface area contributed by atoms with Crippen molar-refractivity contribution in [1.29, 1.82) is 0 Å². The number of rotatable bonds is 2. The van der Waals surface area contributed by atoms with Gasteiger partial charge >= 0.3 is 0 Å². The molecule has 1 saturated heterocycles. The number of alkyl halides is 1. The van der Waals surface area contributed by atoms with Crippen LogP contribution < -0.4 is 0 Å². The second kappa shape index (κ2) is 4.79. The number of ether oxygens (including phenoxy) is 1. The van der Waals surface area contributed by atoms with Crippen molar-refractivity contribution < 1.29 is 20.1 Å². The van der Waals surface area contributed by atoms with Gasteiger partial charge in [0.05, 0.1) is 12.7 Å². The Morgan fingerprint density at radius 2 is 2.07 bits per heavy atom. The van der Waals surface area contributed by atoms with E-state index in [0.29, 0.717) is 0 Å². The van der Waals surface area contributed by atoms with E-state index < -0.39 is 36.5 Å². The minimum Gasteiger partial charge on any atom is -0.394 e. The third-order valence-corrected chi connectivity index (χ3v) is 2.38. The van der Waals surface area contributed by atoms with Gasteiger partial charge < -0.3 is 20.1 Å². The van der Waals surface area contributed by atoms with Crippen LogP contribution in [0.2, 0.25) is 0 Å². The minimum absolute atomic E-state index is 0.468. The molecule has 0 saturated carbocycles. The Kier molecular flexibility index (Phi) is 3.94. The first-order chi connectivity index (χ1) is 6.61. The van der Waals surface area contributed by atoms with Gasteiger partial charge in [-0.2, -0.15) is 0 Å². The number of nitrogens with zero attached hydrogens (tertiary/aromatic N) is 3. The average molecular weight is 224 g/mol. The number of azide groups is 1. The molecular weight excluding hydrogens is 214 g/mol. The quantitative estimate of drug-likeness (QED) is 0.249. The molecule has 0 aromatic carbocycles. The second-order valence-corrected chi connectivity index (χ2v) is 3.32. The molecule has 80 valence electrons. The van der Waals surface area contributed by atoms with Crippen LogP contribution >= 0.6 is 11.6 Å². The standard InChI is InChI=1S/C6H10ClN3O4/c7-6-3(9-10-8)5(13)4(12)2(1-11)14-6/h2-6,11-13H,1H2/t2?,3-,4?,5?,6+/m0/s1. The number of hydrogen-bond donors (Lipinski definition) is 3. The molecule has 1 aliphatic heterocycles. The zero-order chi connectivity index (χ0) is 10.7. The monoisotopic (exact) mass is 223 g/mol. The van der Waals surface area contributed by atoms with Crippen molar-refractivity contribution in [2.75, 3.05) is 6.61 Å². The van der Waals surface area contributed by atoms with Crippen molar-refractivity contribution in [3.63, 3.8) is 0 Å². The molecule has 3 N–H and O–H groups in total. The molecule has 1 rings (SSSR count). The van der Waals surface area contributed by atoms with E-state index in [9.17, 15) is 10.2 Å². The van der Waals surface area contributed by atoms with Crippen LogP contribution in [0.4, 0.5) is 0 Å². The van der Waals surface area contributed by atoms with Gasteiger partial charge in [-0.25, -0.2) is 0 Å². The molecule has 1 fully saturated rings. The summed E-state index contributed by atoms with van der Waals surface area (Å²) in [6.07, 6.45) is -3.61. The minimum atomic E-state index is -1.33. The Labute approximate surface area is 84.5 Å². The molecule has 0 aromatic heterocycles. The molecule has 0 amide bonds. The second-order valence-electron chi connectivity index (χ2n) is 2.88. The predicted octanol–water partition coefficient (Wildman–Crippen LogP) is -0.657. The van der Waals surface area contributed by atoms with E-state index in [1.54, 1.807) is 0 Å². The molecule has 0 bridgehead atoms. The highest BCUT2D eigenvalue weighted by molar-refractivity contribution is 6.20. The molecule has 0 aliphatic carbocycles. The van der Waals surface area contributed by atoms with Crippen LogP contribution in [0, 0.1) is 0 Å². The van der Waals surface area contributed by atoms with Crippen molar-refractivity contribution in [3.8, 4) is 0 Å². The maximum Gasteiger partial charge on any atom is 0.142 e. The molecule has 0 spiro atoms. The van der Waals surface area contributed by atoms with Gasteiger partial charge in [0.25, 0.3) is 0 Å². The molecule has 0 radical (unpaired) electrons. The van der Waals surface area contributed by atoms with Crippen LogP contribution in [0.3, 0.4) is 0 Å². The van der Waals surface area contributed by atoms with Crippen molar-refractivity contribution >= 4 is 11.6 Å².